The Hall–Kier alpha value is -2.82. The van der Waals surface area contributed by atoms with E-state index in [2.05, 4.69) is 4.98 Å². The predicted octanol–water partition coefficient (Wildman–Crippen LogP) is 3.68. The van der Waals surface area contributed by atoms with E-state index < -0.39 is 0 Å². The Morgan fingerprint density at radius 1 is 1.12 bits per heavy atom. The number of benzene rings is 2. The normalized spacial score (nSPS) is 10.8. The third-order valence-corrected chi connectivity index (χ3v) is 3.65. The van der Waals surface area contributed by atoms with Crippen LogP contribution in [0.25, 0.3) is 11.0 Å². The van der Waals surface area contributed by atoms with E-state index in [0.717, 1.165) is 17.5 Å². The fraction of sp³-hybridized carbons (Fsp3) is 0.263. The summed E-state index contributed by atoms with van der Waals surface area (Å²) in [4.78, 5) is 21.7. The van der Waals surface area contributed by atoms with Gasteiger partial charge in [-0.25, -0.2) is 9.78 Å². The molecule has 0 radical (unpaired) electrons. The highest BCUT2D eigenvalue weighted by molar-refractivity contribution is 5.83. The van der Waals surface area contributed by atoms with Crippen LogP contribution < -0.4 is 9.57 Å². The van der Waals surface area contributed by atoms with Crippen molar-refractivity contribution < 1.29 is 14.4 Å². The molecule has 5 heteroatoms. The molecule has 0 spiro atoms. The van der Waals surface area contributed by atoms with Crippen LogP contribution in [0.5, 0.6) is 5.75 Å². The molecule has 0 amide bonds. The van der Waals surface area contributed by atoms with Gasteiger partial charge in [-0.2, -0.15) is 4.73 Å². The van der Waals surface area contributed by atoms with Crippen molar-refractivity contribution in [3.63, 3.8) is 0 Å². The van der Waals surface area contributed by atoms with E-state index in [1.54, 1.807) is 6.92 Å². The Morgan fingerprint density at radius 3 is 2.67 bits per heavy atom. The molecule has 0 unspecified atom stereocenters. The monoisotopic (exact) mass is 324 g/mol. The fourth-order valence-corrected chi connectivity index (χ4v) is 2.49. The summed E-state index contributed by atoms with van der Waals surface area (Å²) >= 11 is 0. The molecular weight excluding hydrogens is 304 g/mol. The van der Waals surface area contributed by atoms with Gasteiger partial charge in [0.2, 0.25) is 0 Å². The number of hydrogen-bond donors (Lipinski definition) is 0. The van der Waals surface area contributed by atoms with Crippen molar-refractivity contribution in [2.75, 3.05) is 0 Å². The van der Waals surface area contributed by atoms with Crippen molar-refractivity contribution in [2.45, 2.75) is 33.3 Å². The number of hydrogen-bond acceptors (Lipinski definition) is 4. The number of rotatable bonds is 6. The Labute approximate surface area is 140 Å². The molecule has 5 nitrogen and oxygen atoms in total. The third-order valence-electron chi connectivity index (χ3n) is 3.65. The van der Waals surface area contributed by atoms with Crippen molar-refractivity contribution in [3.8, 4) is 5.75 Å². The van der Waals surface area contributed by atoms with Crippen LogP contribution >= 0.6 is 0 Å². The van der Waals surface area contributed by atoms with Crippen molar-refractivity contribution >= 4 is 17.0 Å². The molecule has 24 heavy (non-hydrogen) atoms. The summed E-state index contributed by atoms with van der Waals surface area (Å²) in [5, 5.41) is 0. The van der Waals surface area contributed by atoms with Crippen LogP contribution in [0.1, 0.15) is 31.2 Å². The zero-order valence-electron chi connectivity index (χ0n) is 13.9. The summed E-state index contributed by atoms with van der Waals surface area (Å²) in [6.45, 7) is 4.21. The molecule has 0 saturated heterocycles. The first-order valence-corrected chi connectivity index (χ1v) is 8.05. The highest BCUT2D eigenvalue weighted by Gasteiger charge is 2.15. The van der Waals surface area contributed by atoms with E-state index >= 15 is 0 Å². The van der Waals surface area contributed by atoms with E-state index in [0.29, 0.717) is 30.1 Å². The Bertz CT molecular complexity index is 840. The van der Waals surface area contributed by atoms with Gasteiger partial charge in [-0.15, -0.1) is 0 Å². The number of carbonyl (C=O) groups excluding carboxylic acids is 1. The maximum atomic E-state index is 11.8. The lowest BCUT2D eigenvalue weighted by Gasteiger charge is -2.08. The lowest BCUT2D eigenvalue weighted by atomic mass is 10.2. The highest BCUT2D eigenvalue weighted by Crippen LogP contribution is 2.26. The summed E-state index contributed by atoms with van der Waals surface area (Å²) in [5.41, 5.74) is 2.50. The Kier molecular flexibility index (Phi) is 4.79. The van der Waals surface area contributed by atoms with Gasteiger partial charge in [0.25, 0.3) is 0 Å². The number of carbonyl (C=O) groups is 1. The van der Waals surface area contributed by atoms with E-state index in [1.165, 1.54) is 4.73 Å². The number of aromatic nitrogens is 2. The molecule has 0 saturated carbocycles. The summed E-state index contributed by atoms with van der Waals surface area (Å²) < 4.78 is 7.38. The quantitative estimate of drug-likeness (QED) is 0.694. The predicted molar refractivity (Wildman–Crippen MR) is 91.7 cm³/mol. The number of para-hydroxylation sites is 1. The topological polar surface area (TPSA) is 53.4 Å². The number of fused-ring (bicyclic) bond motifs is 1. The molecule has 0 fully saturated rings. The molecular formula is C19H20N2O3. The SMILES string of the molecule is CCCC(=O)On1c(C)nc2c(OCc3ccccc3)cccc21. The van der Waals surface area contributed by atoms with Crippen molar-refractivity contribution in [3.05, 3.63) is 59.9 Å². The van der Waals surface area contributed by atoms with Gasteiger partial charge < -0.3 is 9.57 Å². The standard InChI is InChI=1S/C19H20N2O3/c1-3-8-18(22)24-21-14(2)20-19-16(21)11-7-12-17(19)23-13-15-9-5-4-6-10-15/h4-7,9-12H,3,8,13H2,1-2H3. The van der Waals surface area contributed by atoms with Crippen LogP contribution in [-0.2, 0) is 11.4 Å². The number of ether oxygens (including phenoxy) is 1. The number of nitrogens with zero attached hydrogens (tertiary/aromatic N) is 2. The summed E-state index contributed by atoms with van der Waals surface area (Å²) in [6.07, 6.45) is 1.12. The van der Waals surface area contributed by atoms with Gasteiger partial charge in [0, 0.05) is 6.42 Å². The van der Waals surface area contributed by atoms with Crippen LogP contribution in [0.2, 0.25) is 0 Å². The van der Waals surface area contributed by atoms with E-state index in [4.69, 9.17) is 9.57 Å². The maximum Gasteiger partial charge on any atom is 0.332 e. The van der Waals surface area contributed by atoms with Crippen LogP contribution in [0.15, 0.2) is 48.5 Å². The van der Waals surface area contributed by atoms with Gasteiger partial charge in [-0.3, -0.25) is 0 Å². The lowest BCUT2D eigenvalue weighted by molar-refractivity contribution is -0.143. The summed E-state index contributed by atoms with van der Waals surface area (Å²) in [6, 6.07) is 15.6. The molecule has 0 N–H and O–H groups in total. The average Bonchev–Trinajstić information content (AvgIpc) is 2.90. The number of imidazole rings is 1. The second-order valence-corrected chi connectivity index (χ2v) is 5.56. The molecule has 0 atom stereocenters. The van der Waals surface area contributed by atoms with E-state index in [-0.39, 0.29) is 5.97 Å². The minimum Gasteiger partial charge on any atom is -0.487 e. The molecule has 1 heterocycles. The van der Waals surface area contributed by atoms with Gasteiger partial charge in [-0.1, -0.05) is 43.3 Å². The second-order valence-electron chi connectivity index (χ2n) is 5.56. The van der Waals surface area contributed by atoms with Crippen LogP contribution in [0.3, 0.4) is 0 Å². The van der Waals surface area contributed by atoms with Gasteiger partial charge in [-0.05, 0) is 31.0 Å². The van der Waals surface area contributed by atoms with E-state index in [1.807, 2.05) is 55.5 Å². The van der Waals surface area contributed by atoms with Crippen LogP contribution in [0.4, 0.5) is 0 Å². The minimum atomic E-state index is -0.268. The van der Waals surface area contributed by atoms with Gasteiger partial charge in [0.1, 0.15) is 29.2 Å². The zero-order chi connectivity index (χ0) is 16.9. The smallest absolute Gasteiger partial charge is 0.332 e. The molecule has 3 rings (SSSR count). The van der Waals surface area contributed by atoms with Crippen LogP contribution in [-0.4, -0.2) is 15.7 Å². The zero-order valence-corrected chi connectivity index (χ0v) is 13.9. The van der Waals surface area contributed by atoms with Gasteiger partial charge in [0.15, 0.2) is 0 Å². The molecule has 0 bridgehead atoms. The lowest BCUT2D eigenvalue weighted by Crippen LogP contribution is -2.20. The molecule has 124 valence electrons. The van der Waals surface area contributed by atoms with Crippen molar-refractivity contribution in [1.82, 2.24) is 9.71 Å². The Balaban J connectivity index is 1.86. The third kappa shape index (κ3) is 3.40. The Morgan fingerprint density at radius 2 is 1.92 bits per heavy atom. The first-order valence-electron chi connectivity index (χ1n) is 8.05. The van der Waals surface area contributed by atoms with E-state index in [9.17, 15) is 4.79 Å². The largest absolute Gasteiger partial charge is 0.487 e. The molecule has 1 aromatic heterocycles. The van der Waals surface area contributed by atoms with Crippen LogP contribution in [0, 0.1) is 6.92 Å². The first-order chi connectivity index (χ1) is 11.7. The second kappa shape index (κ2) is 7.17. The summed E-state index contributed by atoms with van der Waals surface area (Å²) in [5.74, 6) is 1.02. The van der Waals surface area contributed by atoms with Gasteiger partial charge in [0.05, 0.1) is 0 Å². The highest BCUT2D eigenvalue weighted by atomic mass is 16.7. The van der Waals surface area contributed by atoms with Crippen molar-refractivity contribution in [1.29, 1.82) is 0 Å². The summed E-state index contributed by atoms with van der Waals surface area (Å²) in [7, 11) is 0. The average molecular weight is 324 g/mol. The maximum absolute atomic E-state index is 11.8. The van der Waals surface area contributed by atoms with Gasteiger partial charge >= 0.3 is 5.97 Å². The molecule has 0 aliphatic heterocycles. The minimum absolute atomic E-state index is 0.268. The molecule has 0 aliphatic carbocycles. The molecule has 0 aliphatic rings. The molecule has 2 aromatic carbocycles. The fourth-order valence-electron chi connectivity index (χ4n) is 2.49. The first kappa shape index (κ1) is 16.1. The number of aryl methyl sites for hydroxylation is 1. The van der Waals surface area contributed by atoms with Crippen molar-refractivity contribution in [2.24, 2.45) is 0 Å². The molecule has 3 aromatic rings.